The summed E-state index contributed by atoms with van der Waals surface area (Å²) in [4.78, 5) is 34.8. The van der Waals surface area contributed by atoms with Crippen molar-refractivity contribution in [2.45, 2.75) is 174 Å². The van der Waals surface area contributed by atoms with E-state index in [2.05, 4.69) is 62.5 Å². The number of hydrogen-bond acceptors (Lipinski definition) is 8. The van der Waals surface area contributed by atoms with E-state index < -0.39 is 32.5 Å². The van der Waals surface area contributed by atoms with Gasteiger partial charge in [-0.2, -0.15) is 0 Å². The van der Waals surface area contributed by atoms with Gasteiger partial charge in [0.25, 0.3) is 0 Å². The number of rotatable bonds is 37. The van der Waals surface area contributed by atoms with Gasteiger partial charge in [-0.05, 0) is 70.6 Å². The molecule has 0 aliphatic heterocycles. The highest BCUT2D eigenvalue weighted by atomic mass is 31.2. The maximum atomic E-state index is 12.5. The molecule has 0 aromatic carbocycles. The fourth-order valence-electron chi connectivity index (χ4n) is 5.18. The van der Waals surface area contributed by atoms with Crippen LogP contribution in [-0.2, 0) is 32.7 Å². The van der Waals surface area contributed by atoms with E-state index in [1.54, 1.807) is 0 Å². The summed E-state index contributed by atoms with van der Waals surface area (Å²) in [7, 11) is -4.38. The molecule has 0 aliphatic carbocycles. The van der Waals surface area contributed by atoms with Gasteiger partial charge in [0.05, 0.1) is 13.2 Å². The molecule has 0 fully saturated rings. The van der Waals surface area contributed by atoms with E-state index in [1.807, 2.05) is 0 Å². The molecule has 2 atom stereocenters. The molecule has 0 heterocycles. The summed E-state index contributed by atoms with van der Waals surface area (Å²) in [5.74, 6) is -0.866. The number of esters is 2. The predicted octanol–water partition coefficient (Wildman–Crippen LogP) is 11.2. The molecular weight excluding hydrogens is 665 g/mol. The Kier molecular flexibility index (Phi) is 36.2. The van der Waals surface area contributed by atoms with E-state index in [4.69, 9.17) is 24.3 Å². The van der Waals surface area contributed by atoms with Crippen molar-refractivity contribution in [3.63, 3.8) is 0 Å². The maximum Gasteiger partial charge on any atom is 0.472 e. The summed E-state index contributed by atoms with van der Waals surface area (Å²) in [5, 5.41) is 0. The Morgan fingerprint density at radius 2 is 1.08 bits per heavy atom. The second-order valence-electron chi connectivity index (χ2n) is 13.2. The Hall–Kier alpha value is -2.03. The van der Waals surface area contributed by atoms with Crippen molar-refractivity contribution in [3.05, 3.63) is 48.6 Å². The van der Waals surface area contributed by atoms with Crippen molar-refractivity contribution >= 4 is 19.8 Å². The van der Waals surface area contributed by atoms with Crippen LogP contribution in [0.25, 0.3) is 0 Å². The molecule has 0 amide bonds. The Bertz CT molecular complexity index is 981. The summed E-state index contributed by atoms with van der Waals surface area (Å²) in [6.07, 6.45) is 41.3. The minimum Gasteiger partial charge on any atom is -0.462 e. The molecule has 0 aliphatic rings. The van der Waals surface area contributed by atoms with Crippen LogP contribution in [0.2, 0.25) is 0 Å². The molecule has 0 radical (unpaired) electrons. The van der Waals surface area contributed by atoms with Gasteiger partial charge in [0, 0.05) is 19.4 Å². The number of ether oxygens (including phenoxy) is 2. The van der Waals surface area contributed by atoms with Crippen LogP contribution in [0.5, 0.6) is 0 Å². The Morgan fingerprint density at radius 1 is 0.608 bits per heavy atom. The first-order valence-corrected chi connectivity index (χ1v) is 21.6. The second-order valence-corrected chi connectivity index (χ2v) is 14.6. The van der Waals surface area contributed by atoms with Crippen molar-refractivity contribution in [1.82, 2.24) is 0 Å². The fourth-order valence-corrected chi connectivity index (χ4v) is 5.95. The monoisotopic (exact) mass is 740 g/mol. The summed E-state index contributed by atoms with van der Waals surface area (Å²) >= 11 is 0. The zero-order valence-electron chi connectivity index (χ0n) is 32.3. The van der Waals surface area contributed by atoms with Gasteiger partial charge in [-0.3, -0.25) is 18.6 Å². The van der Waals surface area contributed by atoms with Crippen LogP contribution in [0.4, 0.5) is 0 Å². The van der Waals surface area contributed by atoms with Crippen LogP contribution in [0.3, 0.4) is 0 Å². The van der Waals surface area contributed by atoms with Crippen LogP contribution in [0, 0.1) is 0 Å². The minimum absolute atomic E-state index is 0.0470. The number of nitrogens with two attached hydrogens (primary N) is 1. The van der Waals surface area contributed by atoms with Crippen LogP contribution in [-0.4, -0.2) is 49.3 Å². The highest BCUT2D eigenvalue weighted by Gasteiger charge is 2.25. The molecule has 0 saturated carbocycles. The second kappa shape index (κ2) is 37.7. The summed E-state index contributed by atoms with van der Waals surface area (Å²) in [6.45, 7) is 3.63. The van der Waals surface area contributed by atoms with Crippen molar-refractivity contribution in [3.8, 4) is 0 Å². The van der Waals surface area contributed by atoms with Gasteiger partial charge in [0.15, 0.2) is 6.10 Å². The zero-order valence-corrected chi connectivity index (χ0v) is 33.2. The van der Waals surface area contributed by atoms with Gasteiger partial charge in [-0.1, -0.05) is 133 Å². The largest absolute Gasteiger partial charge is 0.472 e. The van der Waals surface area contributed by atoms with Gasteiger partial charge in [-0.15, -0.1) is 0 Å². The van der Waals surface area contributed by atoms with E-state index in [0.717, 1.165) is 77.0 Å². The third kappa shape index (κ3) is 37.5. The quantitative estimate of drug-likeness (QED) is 0.0210. The van der Waals surface area contributed by atoms with Gasteiger partial charge in [-0.25, -0.2) is 4.57 Å². The number of carbonyl (C=O) groups excluding carboxylic acids is 2. The molecule has 0 spiro atoms. The predicted molar refractivity (Wildman–Crippen MR) is 210 cm³/mol. The topological polar surface area (TPSA) is 134 Å². The lowest BCUT2D eigenvalue weighted by Gasteiger charge is -2.19. The highest BCUT2D eigenvalue weighted by Crippen LogP contribution is 2.43. The summed E-state index contributed by atoms with van der Waals surface area (Å²) in [6, 6.07) is 0. The fraction of sp³-hybridized carbons (Fsp3) is 0.756. The van der Waals surface area contributed by atoms with Crippen LogP contribution in [0.1, 0.15) is 168 Å². The molecule has 10 heteroatoms. The Labute approximate surface area is 311 Å². The van der Waals surface area contributed by atoms with E-state index >= 15 is 0 Å². The molecule has 51 heavy (non-hydrogen) atoms. The molecule has 0 aromatic rings. The molecule has 0 bridgehead atoms. The van der Waals surface area contributed by atoms with Crippen molar-refractivity contribution in [2.75, 3.05) is 26.4 Å². The van der Waals surface area contributed by atoms with Crippen LogP contribution < -0.4 is 5.73 Å². The first kappa shape index (κ1) is 49.0. The number of allylic oxidation sites excluding steroid dienone is 8. The van der Waals surface area contributed by atoms with E-state index in [-0.39, 0.29) is 32.6 Å². The molecule has 0 aromatic heterocycles. The molecule has 0 rings (SSSR count). The van der Waals surface area contributed by atoms with Crippen LogP contribution >= 0.6 is 7.82 Å². The Balaban J connectivity index is 4.26. The Morgan fingerprint density at radius 3 is 1.65 bits per heavy atom. The molecular formula is C41H74NO8P. The lowest BCUT2D eigenvalue weighted by Crippen LogP contribution is -2.29. The number of carbonyl (C=O) groups is 2. The number of unbranched alkanes of at least 4 members (excludes halogenated alkanes) is 17. The molecule has 1 unspecified atom stereocenters. The summed E-state index contributed by atoms with van der Waals surface area (Å²) in [5.41, 5.74) is 5.33. The normalized spacial score (nSPS) is 13.9. The van der Waals surface area contributed by atoms with Crippen molar-refractivity contribution < 1.29 is 37.6 Å². The average molecular weight is 740 g/mol. The zero-order chi connectivity index (χ0) is 37.5. The van der Waals surface area contributed by atoms with Gasteiger partial charge in [0.2, 0.25) is 0 Å². The number of hydrogen-bond donors (Lipinski definition) is 2. The number of phosphoric acid groups is 1. The molecule has 9 nitrogen and oxygen atoms in total. The standard InChI is InChI=1S/C41H74NO8P/c1-3-5-7-9-11-13-15-17-19-21-23-25-27-29-31-33-40(43)47-37-39(38-49-51(45,46)48-36-35-42)50-41(44)34-32-30-28-26-24-22-20-18-16-14-12-10-8-6-4-2/h11,13-14,16-20,39H,3-10,12,15,21-38,42H2,1-2H3,(H,45,46)/b13-11+,16-14+,19-17+,20-18+/t39-/m1/s1. The third-order valence-corrected chi connectivity index (χ3v) is 9.20. The van der Waals surface area contributed by atoms with Gasteiger partial charge < -0.3 is 20.1 Å². The first-order valence-electron chi connectivity index (χ1n) is 20.1. The van der Waals surface area contributed by atoms with E-state index in [9.17, 15) is 19.0 Å². The van der Waals surface area contributed by atoms with Crippen LogP contribution in [0.15, 0.2) is 48.6 Å². The SMILES string of the molecule is CCCCC/C=C/C/C=C/CCCCCCCC(=O)OC[C@H](COP(=O)(O)OCCN)OC(=O)CCCCCCC/C=C/C=C/CCCCCC. The minimum atomic E-state index is -4.38. The molecule has 296 valence electrons. The first-order chi connectivity index (χ1) is 24.8. The van der Waals surface area contributed by atoms with E-state index in [1.165, 1.54) is 51.4 Å². The third-order valence-electron chi connectivity index (χ3n) is 8.22. The van der Waals surface area contributed by atoms with Crippen molar-refractivity contribution in [2.24, 2.45) is 5.73 Å². The lowest BCUT2D eigenvalue weighted by molar-refractivity contribution is -0.161. The molecule has 3 N–H and O–H groups in total. The average Bonchev–Trinajstić information content (AvgIpc) is 3.11. The van der Waals surface area contributed by atoms with E-state index in [0.29, 0.717) is 12.8 Å². The van der Waals surface area contributed by atoms with Gasteiger partial charge >= 0.3 is 19.8 Å². The highest BCUT2D eigenvalue weighted by molar-refractivity contribution is 7.47. The maximum absolute atomic E-state index is 12.5. The molecule has 0 saturated heterocycles. The van der Waals surface area contributed by atoms with Crippen molar-refractivity contribution in [1.29, 1.82) is 0 Å². The number of phosphoric ester groups is 1. The lowest BCUT2D eigenvalue weighted by atomic mass is 10.1. The van der Waals surface area contributed by atoms with Gasteiger partial charge in [0.1, 0.15) is 6.61 Å². The summed E-state index contributed by atoms with van der Waals surface area (Å²) < 4.78 is 32.7. The smallest absolute Gasteiger partial charge is 0.462 e.